The highest BCUT2D eigenvalue weighted by molar-refractivity contribution is 5.81. The number of hydrogen-bond donors (Lipinski definition) is 3. The molecule has 0 spiro atoms. The van der Waals surface area contributed by atoms with Gasteiger partial charge < -0.3 is 15.7 Å². The molecule has 1 aliphatic carbocycles. The molecule has 4 heteroatoms. The Labute approximate surface area is 111 Å². The fourth-order valence-electron chi connectivity index (χ4n) is 2.52. The SMILES string of the molecule is CCCNC(=O)C(C)NCC(O)CC1CCCC1. The van der Waals surface area contributed by atoms with Crippen molar-refractivity contribution in [1.29, 1.82) is 0 Å². The van der Waals surface area contributed by atoms with E-state index in [0.717, 1.165) is 19.4 Å². The van der Waals surface area contributed by atoms with Crippen LogP contribution in [0.4, 0.5) is 0 Å². The van der Waals surface area contributed by atoms with Gasteiger partial charge in [0.25, 0.3) is 0 Å². The van der Waals surface area contributed by atoms with E-state index in [4.69, 9.17) is 0 Å². The second-order valence-electron chi connectivity index (χ2n) is 5.46. The molecule has 106 valence electrons. The van der Waals surface area contributed by atoms with Crippen LogP contribution in [0, 0.1) is 5.92 Å². The number of aliphatic hydroxyl groups excluding tert-OH is 1. The molecular formula is C14H28N2O2. The molecule has 2 atom stereocenters. The van der Waals surface area contributed by atoms with Crippen LogP contribution < -0.4 is 10.6 Å². The molecule has 1 aliphatic rings. The summed E-state index contributed by atoms with van der Waals surface area (Å²) in [5.41, 5.74) is 0. The quantitative estimate of drug-likeness (QED) is 0.616. The van der Waals surface area contributed by atoms with Gasteiger partial charge in [0.2, 0.25) is 5.91 Å². The molecule has 0 bridgehead atoms. The highest BCUT2D eigenvalue weighted by atomic mass is 16.3. The summed E-state index contributed by atoms with van der Waals surface area (Å²) < 4.78 is 0. The van der Waals surface area contributed by atoms with Gasteiger partial charge in [-0.05, 0) is 25.7 Å². The Bertz CT molecular complexity index is 240. The van der Waals surface area contributed by atoms with Crippen LogP contribution >= 0.6 is 0 Å². The summed E-state index contributed by atoms with van der Waals surface area (Å²) in [6.45, 7) is 5.10. The van der Waals surface area contributed by atoms with E-state index in [1.807, 2.05) is 13.8 Å². The molecule has 1 amide bonds. The summed E-state index contributed by atoms with van der Waals surface area (Å²) in [5.74, 6) is 0.705. The maximum absolute atomic E-state index is 11.6. The average Bonchev–Trinajstić information content (AvgIpc) is 2.85. The first-order valence-electron chi connectivity index (χ1n) is 7.32. The first kappa shape index (κ1) is 15.4. The Kier molecular flexibility index (Phi) is 7.28. The molecule has 1 fully saturated rings. The molecule has 1 rings (SSSR count). The summed E-state index contributed by atoms with van der Waals surface area (Å²) in [5, 5.41) is 15.9. The average molecular weight is 256 g/mol. The van der Waals surface area contributed by atoms with Gasteiger partial charge >= 0.3 is 0 Å². The van der Waals surface area contributed by atoms with Crippen molar-refractivity contribution in [1.82, 2.24) is 10.6 Å². The predicted molar refractivity (Wildman–Crippen MR) is 73.3 cm³/mol. The number of nitrogens with one attached hydrogen (secondary N) is 2. The Morgan fingerprint density at radius 3 is 2.67 bits per heavy atom. The summed E-state index contributed by atoms with van der Waals surface area (Å²) in [6.07, 6.45) is 6.61. The number of carbonyl (C=O) groups excluding carboxylic acids is 1. The van der Waals surface area contributed by atoms with Crippen molar-refractivity contribution in [3.05, 3.63) is 0 Å². The minimum atomic E-state index is -0.325. The van der Waals surface area contributed by atoms with E-state index in [0.29, 0.717) is 12.5 Å². The lowest BCUT2D eigenvalue weighted by molar-refractivity contribution is -0.122. The predicted octanol–water partition coefficient (Wildman–Crippen LogP) is 1.43. The molecular weight excluding hydrogens is 228 g/mol. The van der Waals surface area contributed by atoms with Gasteiger partial charge in [-0.3, -0.25) is 4.79 Å². The zero-order valence-corrected chi connectivity index (χ0v) is 11.7. The topological polar surface area (TPSA) is 61.4 Å². The summed E-state index contributed by atoms with van der Waals surface area (Å²) in [7, 11) is 0. The number of hydrogen-bond acceptors (Lipinski definition) is 3. The Balaban J connectivity index is 2.12. The molecule has 0 heterocycles. The summed E-state index contributed by atoms with van der Waals surface area (Å²) in [6, 6.07) is -0.227. The lowest BCUT2D eigenvalue weighted by Gasteiger charge is -2.19. The molecule has 3 N–H and O–H groups in total. The fourth-order valence-corrected chi connectivity index (χ4v) is 2.52. The van der Waals surface area contributed by atoms with Crippen molar-refractivity contribution < 1.29 is 9.90 Å². The summed E-state index contributed by atoms with van der Waals surface area (Å²) >= 11 is 0. The largest absolute Gasteiger partial charge is 0.392 e. The van der Waals surface area contributed by atoms with Crippen LogP contribution in [0.3, 0.4) is 0 Å². The molecule has 4 nitrogen and oxygen atoms in total. The second-order valence-corrected chi connectivity index (χ2v) is 5.46. The van der Waals surface area contributed by atoms with Crippen LogP contribution in [0.2, 0.25) is 0 Å². The van der Waals surface area contributed by atoms with Crippen molar-refractivity contribution >= 4 is 5.91 Å². The zero-order valence-electron chi connectivity index (χ0n) is 11.7. The first-order valence-corrected chi connectivity index (χ1v) is 7.32. The minimum Gasteiger partial charge on any atom is -0.392 e. The van der Waals surface area contributed by atoms with Crippen LogP contribution in [0.25, 0.3) is 0 Å². The monoisotopic (exact) mass is 256 g/mol. The number of aliphatic hydroxyl groups is 1. The second kappa shape index (κ2) is 8.48. The molecule has 2 unspecified atom stereocenters. The van der Waals surface area contributed by atoms with Crippen molar-refractivity contribution in [2.75, 3.05) is 13.1 Å². The van der Waals surface area contributed by atoms with Crippen LogP contribution in [-0.4, -0.2) is 36.2 Å². The van der Waals surface area contributed by atoms with Gasteiger partial charge in [-0.25, -0.2) is 0 Å². The third kappa shape index (κ3) is 5.83. The van der Waals surface area contributed by atoms with Crippen LogP contribution in [-0.2, 0) is 4.79 Å². The number of amides is 1. The van der Waals surface area contributed by atoms with Gasteiger partial charge in [-0.2, -0.15) is 0 Å². The maximum Gasteiger partial charge on any atom is 0.236 e. The molecule has 18 heavy (non-hydrogen) atoms. The van der Waals surface area contributed by atoms with Gasteiger partial charge in [0, 0.05) is 13.1 Å². The van der Waals surface area contributed by atoms with E-state index in [-0.39, 0.29) is 18.1 Å². The summed E-state index contributed by atoms with van der Waals surface area (Å²) in [4.78, 5) is 11.6. The van der Waals surface area contributed by atoms with E-state index in [9.17, 15) is 9.90 Å². The number of carbonyl (C=O) groups is 1. The van der Waals surface area contributed by atoms with Crippen LogP contribution in [0.1, 0.15) is 52.4 Å². The molecule has 0 aromatic rings. The van der Waals surface area contributed by atoms with Gasteiger partial charge in [0.1, 0.15) is 0 Å². The molecule has 1 saturated carbocycles. The van der Waals surface area contributed by atoms with Crippen molar-refractivity contribution in [2.24, 2.45) is 5.92 Å². The fraction of sp³-hybridized carbons (Fsp3) is 0.929. The Morgan fingerprint density at radius 1 is 1.39 bits per heavy atom. The van der Waals surface area contributed by atoms with E-state index < -0.39 is 0 Å². The van der Waals surface area contributed by atoms with Crippen molar-refractivity contribution in [3.63, 3.8) is 0 Å². The molecule has 0 saturated heterocycles. The minimum absolute atomic E-state index is 0.0184. The lowest BCUT2D eigenvalue weighted by Crippen LogP contribution is -2.45. The zero-order chi connectivity index (χ0) is 13.4. The highest BCUT2D eigenvalue weighted by Gasteiger charge is 2.20. The normalized spacial score (nSPS) is 19.7. The van der Waals surface area contributed by atoms with Gasteiger partial charge in [0.05, 0.1) is 12.1 Å². The van der Waals surface area contributed by atoms with E-state index >= 15 is 0 Å². The van der Waals surface area contributed by atoms with E-state index in [1.54, 1.807) is 0 Å². The number of rotatable bonds is 8. The van der Waals surface area contributed by atoms with E-state index in [2.05, 4.69) is 10.6 Å². The van der Waals surface area contributed by atoms with E-state index in [1.165, 1.54) is 25.7 Å². The Hall–Kier alpha value is -0.610. The third-order valence-corrected chi connectivity index (χ3v) is 3.68. The van der Waals surface area contributed by atoms with Gasteiger partial charge in [-0.1, -0.05) is 32.6 Å². The third-order valence-electron chi connectivity index (χ3n) is 3.68. The Morgan fingerprint density at radius 2 is 2.06 bits per heavy atom. The van der Waals surface area contributed by atoms with Crippen molar-refractivity contribution in [3.8, 4) is 0 Å². The molecule has 0 aromatic carbocycles. The lowest BCUT2D eigenvalue weighted by atomic mass is 10.00. The smallest absolute Gasteiger partial charge is 0.236 e. The standard InChI is InChI=1S/C14H28N2O2/c1-3-8-15-14(18)11(2)16-10-13(17)9-12-6-4-5-7-12/h11-13,16-17H,3-10H2,1-2H3,(H,15,18). The molecule has 0 aromatic heterocycles. The molecule has 0 aliphatic heterocycles. The van der Waals surface area contributed by atoms with Crippen LogP contribution in [0.15, 0.2) is 0 Å². The maximum atomic E-state index is 11.6. The molecule has 0 radical (unpaired) electrons. The highest BCUT2D eigenvalue weighted by Crippen LogP contribution is 2.28. The van der Waals surface area contributed by atoms with Gasteiger partial charge in [0.15, 0.2) is 0 Å². The first-order chi connectivity index (χ1) is 8.63. The van der Waals surface area contributed by atoms with Gasteiger partial charge in [-0.15, -0.1) is 0 Å². The van der Waals surface area contributed by atoms with Crippen LogP contribution in [0.5, 0.6) is 0 Å². The van der Waals surface area contributed by atoms with Crippen molar-refractivity contribution in [2.45, 2.75) is 64.5 Å².